The van der Waals surface area contributed by atoms with E-state index in [9.17, 15) is 19.5 Å². The van der Waals surface area contributed by atoms with Crippen molar-refractivity contribution in [2.45, 2.75) is 31.2 Å². The predicted octanol–water partition coefficient (Wildman–Crippen LogP) is -3.33. The monoisotopic (exact) mass is 309 g/mol. The first-order chi connectivity index (χ1) is 9.24. The van der Waals surface area contributed by atoms with Crippen LogP contribution in [0.2, 0.25) is 0 Å². The zero-order valence-electron chi connectivity index (χ0n) is 10.8. The van der Waals surface area contributed by atoms with E-state index in [1.54, 1.807) is 0 Å². The van der Waals surface area contributed by atoms with Crippen LogP contribution >= 0.6 is 12.6 Å². The summed E-state index contributed by atoms with van der Waals surface area (Å²) in [5.74, 6) is -3.06. The van der Waals surface area contributed by atoms with Gasteiger partial charge in [-0.05, 0) is 6.92 Å². The van der Waals surface area contributed by atoms with Gasteiger partial charge < -0.3 is 31.7 Å². The van der Waals surface area contributed by atoms with Crippen molar-refractivity contribution in [3.63, 3.8) is 0 Å². The molecule has 0 saturated heterocycles. The highest BCUT2D eigenvalue weighted by Gasteiger charge is 2.29. The number of amides is 2. The van der Waals surface area contributed by atoms with Gasteiger partial charge in [0.05, 0.1) is 18.8 Å². The van der Waals surface area contributed by atoms with Gasteiger partial charge in [-0.25, -0.2) is 4.79 Å². The van der Waals surface area contributed by atoms with Crippen molar-refractivity contribution in [2.75, 3.05) is 12.4 Å². The average molecular weight is 309 g/mol. The summed E-state index contributed by atoms with van der Waals surface area (Å²) in [5, 5.41) is 31.2. The Labute approximate surface area is 120 Å². The number of aliphatic carboxylic acids is 1. The van der Waals surface area contributed by atoms with Gasteiger partial charge in [-0.3, -0.25) is 9.59 Å². The minimum absolute atomic E-state index is 0.0387. The Bertz CT molecular complexity index is 365. The molecule has 0 heterocycles. The maximum absolute atomic E-state index is 11.7. The van der Waals surface area contributed by atoms with Crippen LogP contribution in [0.25, 0.3) is 0 Å². The number of hydrogen-bond donors (Lipinski definition) is 7. The molecule has 0 aromatic rings. The molecule has 0 radical (unpaired) electrons. The third kappa shape index (κ3) is 5.74. The molecule has 2 amide bonds. The van der Waals surface area contributed by atoms with Crippen LogP contribution < -0.4 is 16.4 Å². The molecule has 0 aliphatic heterocycles. The van der Waals surface area contributed by atoms with Crippen molar-refractivity contribution in [1.29, 1.82) is 0 Å². The van der Waals surface area contributed by atoms with Crippen LogP contribution in [0, 0.1) is 0 Å². The molecule has 0 bridgehead atoms. The number of hydrogen-bond acceptors (Lipinski definition) is 7. The van der Waals surface area contributed by atoms with E-state index in [1.807, 2.05) is 5.32 Å². The van der Waals surface area contributed by atoms with Crippen molar-refractivity contribution in [3.8, 4) is 0 Å². The van der Waals surface area contributed by atoms with E-state index < -0.39 is 48.6 Å². The number of nitrogens with two attached hydrogens (primary N) is 1. The highest BCUT2D eigenvalue weighted by molar-refractivity contribution is 7.80. The fourth-order valence-electron chi connectivity index (χ4n) is 1.20. The first kappa shape index (κ1) is 18.6. The maximum Gasteiger partial charge on any atom is 0.328 e. The Kier molecular flexibility index (Phi) is 8.15. The van der Waals surface area contributed by atoms with Crippen molar-refractivity contribution in [2.24, 2.45) is 5.73 Å². The normalized spacial score (nSPS) is 16.6. The fraction of sp³-hybridized carbons (Fsp3) is 0.700. The topological polar surface area (TPSA) is 162 Å². The molecule has 0 saturated carbocycles. The summed E-state index contributed by atoms with van der Waals surface area (Å²) in [6.45, 7) is 0.436. The smallest absolute Gasteiger partial charge is 0.328 e. The molecule has 20 heavy (non-hydrogen) atoms. The van der Waals surface area contributed by atoms with Gasteiger partial charge in [0.1, 0.15) is 6.04 Å². The van der Waals surface area contributed by atoms with Gasteiger partial charge >= 0.3 is 5.97 Å². The lowest BCUT2D eigenvalue weighted by Crippen LogP contribution is -2.57. The standard InChI is InChI=1S/C10H19N3O6S/c1-4(15)7(10(18)19)13-9(17)6(2-14)12-8(16)5(11)3-20/h4-7,14-15,20H,2-3,11H2,1H3,(H,12,16)(H,13,17)(H,18,19). The number of thiol groups is 1. The van der Waals surface area contributed by atoms with Crippen LogP contribution in [0.1, 0.15) is 6.92 Å². The summed E-state index contributed by atoms with van der Waals surface area (Å²) in [6.07, 6.45) is -1.34. The fourth-order valence-corrected chi connectivity index (χ4v) is 1.36. The van der Waals surface area contributed by atoms with Gasteiger partial charge in [0.15, 0.2) is 6.04 Å². The van der Waals surface area contributed by atoms with Crippen LogP contribution in [0.4, 0.5) is 0 Å². The second-order valence-corrected chi connectivity index (χ2v) is 4.46. The molecular formula is C10H19N3O6S. The minimum Gasteiger partial charge on any atom is -0.480 e. The summed E-state index contributed by atoms with van der Waals surface area (Å²) in [7, 11) is 0. The van der Waals surface area contributed by atoms with Gasteiger partial charge in [0, 0.05) is 5.75 Å². The van der Waals surface area contributed by atoms with E-state index in [0.29, 0.717) is 0 Å². The van der Waals surface area contributed by atoms with Crippen LogP contribution in [-0.4, -0.2) is 69.7 Å². The molecule has 0 spiro atoms. The lowest BCUT2D eigenvalue weighted by Gasteiger charge is -2.22. The number of rotatable bonds is 8. The number of aliphatic hydroxyl groups is 2. The molecule has 0 aromatic carbocycles. The molecule has 0 aromatic heterocycles. The zero-order valence-corrected chi connectivity index (χ0v) is 11.7. The lowest BCUT2D eigenvalue weighted by atomic mass is 10.1. The Morgan fingerprint density at radius 3 is 2.15 bits per heavy atom. The first-order valence-corrected chi connectivity index (χ1v) is 6.36. The van der Waals surface area contributed by atoms with Crippen molar-refractivity contribution in [3.05, 3.63) is 0 Å². The summed E-state index contributed by atoms with van der Waals surface area (Å²) < 4.78 is 0. The second kappa shape index (κ2) is 8.74. The Morgan fingerprint density at radius 1 is 1.25 bits per heavy atom. The molecule has 7 N–H and O–H groups in total. The molecule has 4 atom stereocenters. The van der Waals surface area contributed by atoms with E-state index in [2.05, 4.69) is 17.9 Å². The van der Waals surface area contributed by atoms with Crippen LogP contribution in [-0.2, 0) is 14.4 Å². The maximum atomic E-state index is 11.7. The zero-order chi connectivity index (χ0) is 15.9. The summed E-state index contributed by atoms with van der Waals surface area (Å²) in [6, 6.07) is -3.88. The Balaban J connectivity index is 4.70. The highest BCUT2D eigenvalue weighted by atomic mass is 32.1. The lowest BCUT2D eigenvalue weighted by molar-refractivity contribution is -0.145. The third-order valence-electron chi connectivity index (χ3n) is 2.40. The van der Waals surface area contributed by atoms with Crippen LogP contribution in [0.3, 0.4) is 0 Å². The van der Waals surface area contributed by atoms with Crippen LogP contribution in [0.5, 0.6) is 0 Å². The molecular weight excluding hydrogens is 290 g/mol. The summed E-state index contributed by atoms with van der Waals surface area (Å²) >= 11 is 3.81. The van der Waals surface area contributed by atoms with Gasteiger partial charge in [-0.15, -0.1) is 0 Å². The van der Waals surface area contributed by atoms with E-state index >= 15 is 0 Å². The molecule has 0 aliphatic carbocycles. The molecule has 0 rings (SSSR count). The second-order valence-electron chi connectivity index (χ2n) is 4.10. The van der Waals surface area contributed by atoms with Crippen LogP contribution in [0.15, 0.2) is 0 Å². The molecule has 4 unspecified atom stereocenters. The SMILES string of the molecule is CC(O)C(NC(=O)C(CO)NC(=O)C(N)CS)C(=O)O. The quantitative estimate of drug-likeness (QED) is 0.231. The van der Waals surface area contributed by atoms with E-state index in [1.165, 1.54) is 6.92 Å². The van der Waals surface area contributed by atoms with Crippen molar-refractivity contribution < 1.29 is 29.7 Å². The van der Waals surface area contributed by atoms with E-state index in [0.717, 1.165) is 0 Å². The minimum atomic E-state index is -1.55. The Morgan fingerprint density at radius 2 is 1.80 bits per heavy atom. The number of aliphatic hydroxyl groups excluding tert-OH is 2. The number of carboxylic acids is 1. The molecule has 116 valence electrons. The number of nitrogens with one attached hydrogen (secondary N) is 2. The predicted molar refractivity (Wildman–Crippen MR) is 72.1 cm³/mol. The van der Waals surface area contributed by atoms with E-state index in [-0.39, 0.29) is 5.75 Å². The third-order valence-corrected chi connectivity index (χ3v) is 2.79. The molecule has 10 heteroatoms. The first-order valence-electron chi connectivity index (χ1n) is 5.73. The number of carbonyl (C=O) groups is 3. The van der Waals surface area contributed by atoms with Gasteiger partial charge in [0.25, 0.3) is 0 Å². The largest absolute Gasteiger partial charge is 0.480 e. The van der Waals surface area contributed by atoms with Crippen molar-refractivity contribution >= 4 is 30.4 Å². The van der Waals surface area contributed by atoms with Gasteiger partial charge in [-0.2, -0.15) is 12.6 Å². The molecule has 0 fully saturated rings. The van der Waals surface area contributed by atoms with Crippen molar-refractivity contribution in [1.82, 2.24) is 10.6 Å². The van der Waals surface area contributed by atoms with E-state index in [4.69, 9.17) is 15.9 Å². The highest BCUT2D eigenvalue weighted by Crippen LogP contribution is 1.95. The molecule has 0 aliphatic rings. The van der Waals surface area contributed by atoms with Gasteiger partial charge in [0.2, 0.25) is 11.8 Å². The average Bonchev–Trinajstić information content (AvgIpc) is 2.39. The number of carboxylic acid groups (broad SMARTS) is 1. The summed E-state index contributed by atoms with van der Waals surface area (Å²) in [5.41, 5.74) is 5.38. The summed E-state index contributed by atoms with van der Waals surface area (Å²) in [4.78, 5) is 34.0. The molecule has 9 nitrogen and oxygen atoms in total. The van der Waals surface area contributed by atoms with Gasteiger partial charge in [-0.1, -0.05) is 0 Å². The number of carbonyl (C=O) groups excluding carboxylic acids is 2. The Hall–Kier alpha value is -1.36.